The van der Waals surface area contributed by atoms with Crippen molar-refractivity contribution in [2.45, 2.75) is 46.6 Å². The van der Waals surface area contributed by atoms with Gasteiger partial charge < -0.3 is 9.47 Å². The van der Waals surface area contributed by atoms with Crippen LogP contribution in [0.5, 0.6) is 11.5 Å². The van der Waals surface area contributed by atoms with Crippen molar-refractivity contribution < 1.29 is 9.47 Å². The first kappa shape index (κ1) is 18.1. The van der Waals surface area contributed by atoms with Gasteiger partial charge in [0.2, 0.25) is 0 Å². The van der Waals surface area contributed by atoms with E-state index in [1.165, 1.54) is 11.1 Å². The molecule has 128 valence electrons. The number of rotatable bonds is 5. The highest BCUT2D eigenvalue weighted by Crippen LogP contribution is 2.30. The van der Waals surface area contributed by atoms with E-state index in [1.54, 1.807) is 7.11 Å². The summed E-state index contributed by atoms with van der Waals surface area (Å²) in [5, 5.41) is 0. The van der Waals surface area contributed by atoms with Gasteiger partial charge in [-0.25, -0.2) is 0 Å². The zero-order valence-corrected chi connectivity index (χ0v) is 15.6. The molecule has 0 spiro atoms. The van der Waals surface area contributed by atoms with E-state index in [9.17, 15) is 0 Å². The van der Waals surface area contributed by atoms with E-state index in [-0.39, 0.29) is 5.41 Å². The van der Waals surface area contributed by atoms with E-state index in [1.807, 2.05) is 18.2 Å². The summed E-state index contributed by atoms with van der Waals surface area (Å²) in [5.41, 5.74) is 5.02. The summed E-state index contributed by atoms with van der Waals surface area (Å²) in [6.07, 6.45) is 2.13. The minimum Gasteiger partial charge on any atom is -0.493 e. The Bertz CT molecular complexity index is 700. The molecule has 0 amide bonds. The molecule has 2 heteroatoms. The molecule has 2 nitrogen and oxygen atoms in total. The van der Waals surface area contributed by atoms with Crippen LogP contribution in [0, 0.1) is 0 Å². The molecule has 0 heterocycles. The second-order valence-electron chi connectivity index (χ2n) is 7.37. The number of methoxy groups -OCH3 is 1. The van der Waals surface area contributed by atoms with Crippen LogP contribution in [0.2, 0.25) is 0 Å². The van der Waals surface area contributed by atoms with E-state index < -0.39 is 0 Å². The van der Waals surface area contributed by atoms with Crippen LogP contribution in [0.15, 0.2) is 48.0 Å². The van der Waals surface area contributed by atoms with Crippen molar-refractivity contribution >= 4 is 6.08 Å². The van der Waals surface area contributed by atoms with Crippen molar-refractivity contribution in [3.63, 3.8) is 0 Å². The topological polar surface area (TPSA) is 18.5 Å². The molecule has 0 saturated carbocycles. The molecule has 0 bridgehead atoms. The second kappa shape index (κ2) is 7.57. The van der Waals surface area contributed by atoms with E-state index >= 15 is 0 Å². The Kier molecular flexibility index (Phi) is 5.71. The lowest BCUT2D eigenvalue weighted by Crippen LogP contribution is -2.10. The minimum atomic E-state index is 0.168. The van der Waals surface area contributed by atoms with Gasteiger partial charge in [0.15, 0.2) is 11.5 Å². The number of benzene rings is 2. The van der Waals surface area contributed by atoms with Crippen LogP contribution < -0.4 is 9.47 Å². The molecule has 2 rings (SSSR count). The Hall–Kier alpha value is -2.22. The third kappa shape index (κ3) is 4.89. The van der Waals surface area contributed by atoms with Crippen LogP contribution >= 0.6 is 0 Å². The lowest BCUT2D eigenvalue weighted by Gasteiger charge is -2.19. The predicted octanol–water partition coefficient (Wildman–Crippen LogP) is 5.99. The van der Waals surface area contributed by atoms with E-state index in [2.05, 4.69) is 65.0 Å². The smallest absolute Gasteiger partial charge is 0.162 e. The lowest BCUT2D eigenvalue weighted by molar-refractivity contribution is 0.284. The van der Waals surface area contributed by atoms with Gasteiger partial charge >= 0.3 is 0 Å². The molecule has 0 aliphatic rings. The molecule has 0 aliphatic carbocycles. The first-order valence-corrected chi connectivity index (χ1v) is 8.35. The summed E-state index contributed by atoms with van der Waals surface area (Å²) in [6.45, 7) is 11.4. The maximum atomic E-state index is 6.01. The van der Waals surface area contributed by atoms with Crippen molar-refractivity contribution in [3.8, 4) is 11.5 Å². The van der Waals surface area contributed by atoms with Crippen LogP contribution in [-0.4, -0.2) is 7.11 Å². The third-order valence-electron chi connectivity index (χ3n) is 3.86. The zero-order valence-electron chi connectivity index (χ0n) is 15.6. The van der Waals surface area contributed by atoms with Crippen molar-refractivity contribution in [1.82, 2.24) is 0 Å². The van der Waals surface area contributed by atoms with Gasteiger partial charge in [-0.2, -0.15) is 0 Å². The first-order chi connectivity index (χ1) is 11.3. The number of ether oxygens (including phenoxy) is 2. The maximum absolute atomic E-state index is 6.01. The molecule has 0 fully saturated rings. The summed E-state index contributed by atoms with van der Waals surface area (Å²) in [5.74, 6) is 1.53. The van der Waals surface area contributed by atoms with Gasteiger partial charge in [-0.05, 0) is 48.1 Å². The van der Waals surface area contributed by atoms with Crippen LogP contribution in [0.25, 0.3) is 6.08 Å². The quantitative estimate of drug-likeness (QED) is 0.672. The van der Waals surface area contributed by atoms with Crippen molar-refractivity contribution in [2.75, 3.05) is 7.11 Å². The van der Waals surface area contributed by atoms with E-state index in [0.717, 1.165) is 22.6 Å². The molecule has 0 saturated heterocycles. The average Bonchev–Trinajstić information content (AvgIpc) is 2.52. The zero-order chi connectivity index (χ0) is 17.7. The molecular weight excluding hydrogens is 296 g/mol. The summed E-state index contributed by atoms with van der Waals surface area (Å²) in [6, 6.07) is 14.6. The maximum Gasteiger partial charge on any atom is 0.162 e. The molecule has 2 aromatic carbocycles. The van der Waals surface area contributed by atoms with Gasteiger partial charge in [0.1, 0.15) is 6.61 Å². The Morgan fingerprint density at radius 2 is 1.62 bits per heavy atom. The predicted molar refractivity (Wildman–Crippen MR) is 102 cm³/mol. The van der Waals surface area contributed by atoms with Crippen LogP contribution in [-0.2, 0) is 12.0 Å². The van der Waals surface area contributed by atoms with Gasteiger partial charge in [-0.1, -0.05) is 62.8 Å². The SMILES string of the molecule is COc1ccc(C=C(C)C)cc1OCc1ccc(C(C)(C)C)cc1. The molecule has 0 radical (unpaired) electrons. The van der Waals surface area contributed by atoms with Gasteiger partial charge in [-0.15, -0.1) is 0 Å². The highest BCUT2D eigenvalue weighted by atomic mass is 16.5. The largest absolute Gasteiger partial charge is 0.493 e. The first-order valence-electron chi connectivity index (χ1n) is 8.35. The Labute approximate surface area is 146 Å². The molecule has 2 aromatic rings. The minimum absolute atomic E-state index is 0.168. The van der Waals surface area contributed by atoms with Crippen molar-refractivity contribution in [2.24, 2.45) is 0 Å². The van der Waals surface area contributed by atoms with Gasteiger partial charge in [0, 0.05) is 0 Å². The van der Waals surface area contributed by atoms with Crippen molar-refractivity contribution in [1.29, 1.82) is 0 Å². The number of hydrogen-bond acceptors (Lipinski definition) is 2. The lowest BCUT2D eigenvalue weighted by atomic mass is 9.87. The molecule has 24 heavy (non-hydrogen) atoms. The number of hydrogen-bond donors (Lipinski definition) is 0. The fourth-order valence-electron chi connectivity index (χ4n) is 2.49. The van der Waals surface area contributed by atoms with Crippen molar-refractivity contribution in [3.05, 3.63) is 64.7 Å². The standard InChI is InChI=1S/C22H28O2/c1-16(2)13-18-9-12-20(23-6)21(14-18)24-15-17-7-10-19(11-8-17)22(3,4)5/h7-14H,15H2,1-6H3. The number of allylic oxidation sites excluding steroid dienone is 1. The molecule has 0 N–H and O–H groups in total. The molecule has 0 aliphatic heterocycles. The summed E-state index contributed by atoms with van der Waals surface area (Å²) >= 11 is 0. The van der Waals surface area contributed by atoms with Gasteiger partial charge in [0.25, 0.3) is 0 Å². The molecular formula is C22H28O2. The molecule has 0 aromatic heterocycles. The fourth-order valence-corrected chi connectivity index (χ4v) is 2.49. The second-order valence-corrected chi connectivity index (χ2v) is 7.37. The Balaban J connectivity index is 2.14. The van der Waals surface area contributed by atoms with E-state index in [0.29, 0.717) is 6.61 Å². The average molecular weight is 324 g/mol. The monoisotopic (exact) mass is 324 g/mol. The van der Waals surface area contributed by atoms with Gasteiger partial charge in [-0.3, -0.25) is 0 Å². The Morgan fingerprint density at radius 3 is 2.17 bits per heavy atom. The molecule has 0 unspecified atom stereocenters. The highest BCUT2D eigenvalue weighted by Gasteiger charge is 2.13. The van der Waals surface area contributed by atoms with E-state index in [4.69, 9.17) is 9.47 Å². The van der Waals surface area contributed by atoms with Gasteiger partial charge in [0.05, 0.1) is 7.11 Å². The normalized spacial score (nSPS) is 11.1. The summed E-state index contributed by atoms with van der Waals surface area (Å²) in [7, 11) is 1.67. The molecule has 0 atom stereocenters. The summed E-state index contributed by atoms with van der Waals surface area (Å²) < 4.78 is 11.4. The van der Waals surface area contributed by atoms with Crippen LogP contribution in [0.4, 0.5) is 0 Å². The third-order valence-corrected chi connectivity index (χ3v) is 3.86. The fraction of sp³-hybridized carbons (Fsp3) is 0.364. The highest BCUT2D eigenvalue weighted by molar-refractivity contribution is 5.57. The van der Waals surface area contributed by atoms with Crippen LogP contribution in [0.1, 0.15) is 51.3 Å². The Morgan fingerprint density at radius 1 is 0.958 bits per heavy atom. The summed E-state index contributed by atoms with van der Waals surface area (Å²) in [4.78, 5) is 0. The van der Waals surface area contributed by atoms with Crippen LogP contribution in [0.3, 0.4) is 0 Å².